The Balaban J connectivity index is 1.80. The molecule has 1 spiro atoms. The van der Waals surface area contributed by atoms with Crippen LogP contribution in [0.3, 0.4) is 0 Å². The average Bonchev–Trinajstić information content (AvgIpc) is 2.71. The van der Waals surface area contributed by atoms with E-state index in [2.05, 4.69) is 0 Å². The van der Waals surface area contributed by atoms with Crippen LogP contribution in [-0.2, 0) is 4.79 Å². The normalized spacial score (nSPS) is 25.1. The van der Waals surface area contributed by atoms with Crippen molar-refractivity contribution < 1.29 is 9.53 Å². The number of carbonyl (C=O) groups excluding carboxylic acids is 1. The molecule has 4 heteroatoms. The first-order chi connectivity index (χ1) is 9.63. The Morgan fingerprint density at radius 2 is 1.80 bits per heavy atom. The molecule has 0 amide bonds. The number of hydrogen-bond donors (Lipinski definition) is 0. The third-order valence-electron chi connectivity index (χ3n) is 4.72. The summed E-state index contributed by atoms with van der Waals surface area (Å²) in [4.78, 5) is 12.2. The highest BCUT2D eigenvalue weighted by atomic mass is 35.5. The molecule has 2 saturated carbocycles. The summed E-state index contributed by atoms with van der Waals surface area (Å²) in [5.74, 6) is 0.961. The van der Waals surface area contributed by atoms with Crippen LogP contribution < -0.4 is 4.74 Å². The second kappa shape index (κ2) is 5.57. The minimum absolute atomic E-state index is 0.0379. The highest BCUT2D eigenvalue weighted by Gasteiger charge is 2.55. The molecule has 108 valence electrons. The highest BCUT2D eigenvalue weighted by Crippen LogP contribution is 2.50. The van der Waals surface area contributed by atoms with Crippen LogP contribution in [0.2, 0.25) is 10.0 Å². The first kappa shape index (κ1) is 14.2. The number of halogens is 2. The number of benzene rings is 1. The van der Waals surface area contributed by atoms with Crippen molar-refractivity contribution in [1.82, 2.24) is 0 Å². The van der Waals surface area contributed by atoms with E-state index < -0.39 is 0 Å². The Hall–Kier alpha value is -0.730. The van der Waals surface area contributed by atoms with Crippen molar-refractivity contribution >= 4 is 29.0 Å². The summed E-state index contributed by atoms with van der Waals surface area (Å²) in [6.45, 7) is 0. The Kier molecular flexibility index (Phi) is 3.96. The van der Waals surface area contributed by atoms with Crippen LogP contribution in [-0.4, -0.2) is 11.9 Å². The molecular formula is C16H18Cl2O2. The molecule has 20 heavy (non-hydrogen) atoms. The van der Waals surface area contributed by atoms with Crippen molar-refractivity contribution in [2.45, 2.75) is 51.0 Å². The van der Waals surface area contributed by atoms with Crippen molar-refractivity contribution in [2.75, 3.05) is 0 Å². The predicted molar refractivity (Wildman–Crippen MR) is 80.6 cm³/mol. The van der Waals surface area contributed by atoms with Crippen molar-refractivity contribution in [1.29, 1.82) is 0 Å². The topological polar surface area (TPSA) is 26.3 Å². The SMILES string of the molecule is O=C1CC(Oc2cccc(Cl)c2Cl)C12CCCCCC2. The zero-order valence-electron chi connectivity index (χ0n) is 11.3. The van der Waals surface area contributed by atoms with Gasteiger partial charge in [0.25, 0.3) is 0 Å². The number of ether oxygens (including phenoxy) is 1. The van der Waals surface area contributed by atoms with E-state index in [0.29, 0.717) is 28.0 Å². The fraction of sp³-hybridized carbons (Fsp3) is 0.562. The molecule has 1 unspecified atom stereocenters. The third-order valence-corrected chi connectivity index (χ3v) is 5.53. The average molecular weight is 313 g/mol. The standard InChI is InChI=1S/C16H18Cl2O2/c17-11-6-5-7-12(15(11)18)20-14-10-13(19)16(14)8-3-1-2-4-9-16/h5-7,14H,1-4,8-10H2. The van der Waals surface area contributed by atoms with Gasteiger partial charge in [-0.3, -0.25) is 4.79 Å². The summed E-state index contributed by atoms with van der Waals surface area (Å²) >= 11 is 12.2. The molecule has 0 aliphatic heterocycles. The van der Waals surface area contributed by atoms with E-state index in [4.69, 9.17) is 27.9 Å². The maximum absolute atomic E-state index is 12.2. The molecule has 3 rings (SSSR count). The minimum atomic E-state index is -0.262. The first-order valence-corrected chi connectivity index (χ1v) is 8.03. The zero-order chi connectivity index (χ0) is 14.2. The van der Waals surface area contributed by atoms with E-state index in [-0.39, 0.29) is 11.5 Å². The van der Waals surface area contributed by atoms with Crippen molar-refractivity contribution in [3.8, 4) is 5.75 Å². The van der Waals surface area contributed by atoms with Crippen molar-refractivity contribution in [3.05, 3.63) is 28.2 Å². The smallest absolute Gasteiger partial charge is 0.146 e. The van der Waals surface area contributed by atoms with Gasteiger partial charge in [0.05, 0.1) is 10.4 Å². The fourth-order valence-corrected chi connectivity index (χ4v) is 3.79. The second-order valence-corrected chi connectivity index (χ2v) is 6.64. The third kappa shape index (κ3) is 2.33. The number of ketones is 1. The minimum Gasteiger partial charge on any atom is -0.487 e. The van der Waals surface area contributed by atoms with Crippen LogP contribution in [0.15, 0.2) is 18.2 Å². The molecule has 1 aromatic carbocycles. The quantitative estimate of drug-likeness (QED) is 0.763. The van der Waals surface area contributed by atoms with Gasteiger partial charge in [0, 0.05) is 6.42 Å². The summed E-state index contributed by atoms with van der Waals surface area (Å²) < 4.78 is 6.04. The van der Waals surface area contributed by atoms with Crippen LogP contribution >= 0.6 is 23.2 Å². The Labute approximate surface area is 129 Å². The van der Waals surface area contributed by atoms with Gasteiger partial charge in [-0.05, 0) is 25.0 Å². The summed E-state index contributed by atoms with van der Waals surface area (Å²) in [5, 5.41) is 0.932. The first-order valence-electron chi connectivity index (χ1n) is 7.27. The van der Waals surface area contributed by atoms with Gasteiger partial charge in [-0.1, -0.05) is 55.0 Å². The van der Waals surface area contributed by atoms with Gasteiger partial charge in [0.15, 0.2) is 0 Å². The molecule has 0 bridgehead atoms. The van der Waals surface area contributed by atoms with Crippen LogP contribution in [0.1, 0.15) is 44.9 Å². The van der Waals surface area contributed by atoms with E-state index >= 15 is 0 Å². The Morgan fingerprint density at radius 3 is 2.45 bits per heavy atom. The molecule has 2 aliphatic rings. The van der Waals surface area contributed by atoms with E-state index in [1.54, 1.807) is 6.07 Å². The maximum Gasteiger partial charge on any atom is 0.146 e. The lowest BCUT2D eigenvalue weighted by Crippen LogP contribution is -2.56. The largest absolute Gasteiger partial charge is 0.487 e. The number of hydrogen-bond acceptors (Lipinski definition) is 2. The monoisotopic (exact) mass is 312 g/mol. The molecule has 2 fully saturated rings. The zero-order valence-corrected chi connectivity index (χ0v) is 12.8. The lowest BCUT2D eigenvalue weighted by atomic mass is 9.60. The van der Waals surface area contributed by atoms with E-state index in [1.807, 2.05) is 12.1 Å². The molecule has 0 radical (unpaired) electrons. The molecule has 0 saturated heterocycles. The molecule has 1 aromatic rings. The summed E-state index contributed by atoms with van der Waals surface area (Å²) in [6, 6.07) is 5.38. The number of rotatable bonds is 2. The van der Waals surface area contributed by atoms with Crippen LogP contribution in [0.25, 0.3) is 0 Å². The summed E-state index contributed by atoms with van der Waals surface area (Å²) in [5.41, 5.74) is -0.262. The van der Waals surface area contributed by atoms with Crippen molar-refractivity contribution in [3.63, 3.8) is 0 Å². The molecule has 2 aliphatic carbocycles. The van der Waals surface area contributed by atoms with Gasteiger partial charge < -0.3 is 4.74 Å². The van der Waals surface area contributed by atoms with Gasteiger partial charge in [-0.25, -0.2) is 0 Å². The number of carbonyl (C=O) groups is 1. The highest BCUT2D eigenvalue weighted by molar-refractivity contribution is 6.42. The Morgan fingerprint density at radius 1 is 1.10 bits per heavy atom. The Bertz CT molecular complexity index is 519. The summed E-state index contributed by atoms with van der Waals surface area (Å²) in [7, 11) is 0. The summed E-state index contributed by atoms with van der Waals surface area (Å²) in [6.07, 6.45) is 7.05. The van der Waals surface area contributed by atoms with Crippen molar-refractivity contribution in [2.24, 2.45) is 5.41 Å². The molecule has 2 nitrogen and oxygen atoms in total. The van der Waals surface area contributed by atoms with Gasteiger partial charge in [0.1, 0.15) is 22.7 Å². The van der Waals surface area contributed by atoms with Gasteiger partial charge in [-0.15, -0.1) is 0 Å². The molecule has 0 aromatic heterocycles. The van der Waals surface area contributed by atoms with E-state index in [1.165, 1.54) is 12.8 Å². The molecule has 1 atom stereocenters. The molecule has 0 heterocycles. The van der Waals surface area contributed by atoms with Gasteiger partial charge in [0.2, 0.25) is 0 Å². The molecule has 0 N–H and O–H groups in total. The number of Topliss-reactive ketones (excluding diaryl/α,β-unsaturated/α-hetero) is 1. The van der Waals surface area contributed by atoms with E-state index in [9.17, 15) is 4.79 Å². The predicted octanol–water partition coefficient (Wildman–Crippen LogP) is 5.05. The lowest BCUT2D eigenvalue weighted by Gasteiger charge is -2.47. The van der Waals surface area contributed by atoms with E-state index in [0.717, 1.165) is 25.7 Å². The van der Waals surface area contributed by atoms with Crippen LogP contribution in [0.5, 0.6) is 5.75 Å². The maximum atomic E-state index is 12.2. The van der Waals surface area contributed by atoms with Crippen LogP contribution in [0.4, 0.5) is 0 Å². The van der Waals surface area contributed by atoms with Crippen LogP contribution in [0, 0.1) is 5.41 Å². The van der Waals surface area contributed by atoms with Gasteiger partial charge in [-0.2, -0.15) is 0 Å². The molecular weight excluding hydrogens is 295 g/mol. The fourth-order valence-electron chi connectivity index (χ4n) is 3.46. The van der Waals surface area contributed by atoms with Gasteiger partial charge >= 0.3 is 0 Å². The second-order valence-electron chi connectivity index (χ2n) is 5.86. The lowest BCUT2D eigenvalue weighted by molar-refractivity contribution is -0.154.